The first-order valence-electron chi connectivity index (χ1n) is 6.08. The number of aryl methyl sites for hydroxylation is 1. The minimum absolute atomic E-state index is 0.0435. The van der Waals surface area contributed by atoms with Crippen molar-refractivity contribution >= 4 is 22.9 Å². The highest BCUT2D eigenvalue weighted by atomic mass is 35.5. The van der Waals surface area contributed by atoms with E-state index in [0.717, 1.165) is 10.8 Å². The molecule has 0 aliphatic carbocycles. The first-order valence-corrected chi connectivity index (χ1v) is 7.27. The van der Waals surface area contributed by atoms with E-state index in [-0.39, 0.29) is 5.41 Å². The highest BCUT2D eigenvalue weighted by Crippen LogP contribution is 2.32. The van der Waals surface area contributed by atoms with E-state index in [4.69, 9.17) is 16.3 Å². The third-order valence-corrected chi connectivity index (χ3v) is 3.73. The van der Waals surface area contributed by atoms with Crippen LogP contribution in [0.1, 0.15) is 36.9 Å². The van der Waals surface area contributed by atoms with Gasteiger partial charge in [0.05, 0.1) is 0 Å². The Morgan fingerprint density at radius 3 is 2.58 bits per heavy atom. The van der Waals surface area contributed by atoms with Crippen LogP contribution >= 0.6 is 22.9 Å². The van der Waals surface area contributed by atoms with Crippen molar-refractivity contribution in [2.45, 2.75) is 39.7 Å². The molecule has 19 heavy (non-hydrogen) atoms. The van der Waals surface area contributed by atoms with Gasteiger partial charge in [-0.3, -0.25) is 0 Å². The molecule has 0 atom stereocenters. The molecule has 3 nitrogen and oxygen atoms in total. The Kier molecular flexibility index (Phi) is 4.11. The van der Waals surface area contributed by atoms with Crippen LogP contribution in [-0.2, 0) is 12.0 Å². The molecule has 0 N–H and O–H groups in total. The van der Waals surface area contributed by atoms with Crippen LogP contribution in [-0.4, -0.2) is 10.2 Å². The van der Waals surface area contributed by atoms with Gasteiger partial charge < -0.3 is 4.74 Å². The normalized spacial score (nSPS) is 11.6. The predicted octanol–water partition coefficient (Wildman–Crippen LogP) is 4.38. The Bertz CT molecular complexity index is 575. The molecule has 0 spiro atoms. The van der Waals surface area contributed by atoms with Crippen molar-refractivity contribution in [2.24, 2.45) is 0 Å². The highest BCUT2D eigenvalue weighted by molar-refractivity contribution is 7.15. The van der Waals surface area contributed by atoms with Gasteiger partial charge in [0.1, 0.15) is 12.4 Å². The molecule has 0 aliphatic heterocycles. The minimum Gasteiger partial charge on any atom is -0.486 e. The fourth-order valence-electron chi connectivity index (χ4n) is 1.80. The largest absolute Gasteiger partial charge is 0.486 e. The first kappa shape index (κ1) is 14.3. The maximum absolute atomic E-state index is 5.89. The lowest BCUT2D eigenvalue weighted by Crippen LogP contribution is -2.13. The van der Waals surface area contributed by atoms with Crippen molar-refractivity contribution < 1.29 is 4.74 Å². The summed E-state index contributed by atoms with van der Waals surface area (Å²) in [4.78, 5) is 0. The van der Waals surface area contributed by atoms with Crippen molar-refractivity contribution in [1.29, 1.82) is 0 Å². The van der Waals surface area contributed by atoms with Crippen molar-refractivity contribution in [3.8, 4) is 5.75 Å². The summed E-state index contributed by atoms with van der Waals surface area (Å²) >= 11 is 7.10. The highest BCUT2D eigenvalue weighted by Gasteiger charge is 2.19. The van der Waals surface area contributed by atoms with E-state index >= 15 is 0 Å². The standard InChI is InChI=1S/C14H17ClN2OS/c1-9-5-6-10(14(2,3)4)11(7-9)18-8-12-16-17-13(15)19-12/h5-7H,8H2,1-4H3. The van der Waals surface area contributed by atoms with Gasteiger partial charge in [-0.05, 0) is 41.1 Å². The summed E-state index contributed by atoms with van der Waals surface area (Å²) in [5.41, 5.74) is 2.41. The summed E-state index contributed by atoms with van der Waals surface area (Å²) in [7, 11) is 0. The quantitative estimate of drug-likeness (QED) is 0.843. The number of hydrogen-bond donors (Lipinski definition) is 0. The fourth-order valence-corrected chi connectivity index (χ4v) is 2.58. The SMILES string of the molecule is Cc1ccc(C(C)(C)C)c(OCc2nnc(Cl)s2)c1. The van der Waals surface area contributed by atoms with Crippen molar-refractivity contribution in [3.05, 3.63) is 38.8 Å². The average Bonchev–Trinajstić information content (AvgIpc) is 2.71. The molecule has 0 amide bonds. The van der Waals surface area contributed by atoms with Gasteiger partial charge in [0.15, 0.2) is 5.01 Å². The van der Waals surface area contributed by atoms with Gasteiger partial charge >= 0.3 is 0 Å². The molecular formula is C14H17ClN2OS. The van der Waals surface area contributed by atoms with Crippen LogP contribution in [0.15, 0.2) is 18.2 Å². The predicted molar refractivity (Wildman–Crippen MR) is 79.1 cm³/mol. The van der Waals surface area contributed by atoms with Gasteiger partial charge in [-0.25, -0.2) is 0 Å². The molecule has 1 heterocycles. The zero-order valence-corrected chi connectivity index (χ0v) is 13.1. The van der Waals surface area contributed by atoms with E-state index in [1.54, 1.807) is 0 Å². The van der Waals surface area contributed by atoms with Gasteiger partial charge in [-0.2, -0.15) is 0 Å². The monoisotopic (exact) mass is 296 g/mol. The Labute approximate surface area is 122 Å². The lowest BCUT2D eigenvalue weighted by molar-refractivity contribution is 0.296. The van der Waals surface area contributed by atoms with Crippen LogP contribution in [0.2, 0.25) is 4.47 Å². The van der Waals surface area contributed by atoms with Gasteiger partial charge in [0.2, 0.25) is 4.47 Å². The molecule has 0 radical (unpaired) electrons. The molecule has 1 aromatic heterocycles. The van der Waals surface area contributed by atoms with E-state index in [0.29, 0.717) is 11.1 Å². The number of aromatic nitrogens is 2. The number of benzene rings is 1. The van der Waals surface area contributed by atoms with Gasteiger partial charge in [0, 0.05) is 0 Å². The minimum atomic E-state index is 0.0435. The van der Waals surface area contributed by atoms with E-state index in [1.807, 2.05) is 0 Å². The number of rotatable bonds is 3. The smallest absolute Gasteiger partial charge is 0.207 e. The molecule has 0 saturated heterocycles. The number of ether oxygens (including phenoxy) is 1. The van der Waals surface area contributed by atoms with E-state index in [9.17, 15) is 0 Å². The van der Waals surface area contributed by atoms with Crippen molar-refractivity contribution in [3.63, 3.8) is 0 Å². The van der Waals surface area contributed by atoms with Gasteiger partial charge in [-0.15, -0.1) is 10.2 Å². The molecule has 0 aliphatic rings. The summed E-state index contributed by atoms with van der Waals surface area (Å²) in [5, 5.41) is 8.51. The first-order chi connectivity index (χ1) is 8.86. The summed E-state index contributed by atoms with van der Waals surface area (Å²) in [6.07, 6.45) is 0. The van der Waals surface area contributed by atoms with Crippen LogP contribution in [0.3, 0.4) is 0 Å². The molecule has 102 valence electrons. The maximum atomic E-state index is 5.89. The summed E-state index contributed by atoms with van der Waals surface area (Å²) < 4.78 is 6.34. The van der Waals surface area contributed by atoms with Crippen LogP contribution in [0.25, 0.3) is 0 Å². The van der Waals surface area contributed by atoms with Crippen LogP contribution in [0, 0.1) is 6.92 Å². The molecule has 2 rings (SSSR count). The zero-order valence-electron chi connectivity index (χ0n) is 11.5. The van der Waals surface area contributed by atoms with Gasteiger partial charge in [0.25, 0.3) is 0 Å². The second-order valence-corrected chi connectivity index (χ2v) is 7.13. The third kappa shape index (κ3) is 3.67. The second kappa shape index (κ2) is 5.47. The van der Waals surface area contributed by atoms with Crippen molar-refractivity contribution in [1.82, 2.24) is 10.2 Å². The summed E-state index contributed by atoms with van der Waals surface area (Å²) in [5.74, 6) is 0.902. The Balaban J connectivity index is 2.21. The lowest BCUT2D eigenvalue weighted by atomic mass is 9.86. The molecule has 0 saturated carbocycles. The Hall–Kier alpha value is -1.13. The molecule has 0 unspecified atom stereocenters. The zero-order chi connectivity index (χ0) is 14.0. The fraction of sp³-hybridized carbons (Fsp3) is 0.429. The maximum Gasteiger partial charge on any atom is 0.207 e. The number of halogens is 1. The Morgan fingerprint density at radius 1 is 1.26 bits per heavy atom. The topological polar surface area (TPSA) is 35.0 Å². The number of nitrogens with zero attached hydrogens (tertiary/aromatic N) is 2. The van der Waals surface area contributed by atoms with Gasteiger partial charge in [-0.1, -0.05) is 44.2 Å². The van der Waals surface area contributed by atoms with Crippen molar-refractivity contribution in [2.75, 3.05) is 0 Å². The summed E-state index contributed by atoms with van der Waals surface area (Å²) in [6.45, 7) is 8.98. The molecule has 0 bridgehead atoms. The molecule has 1 aromatic carbocycles. The molecule has 0 fully saturated rings. The summed E-state index contributed by atoms with van der Waals surface area (Å²) in [6, 6.07) is 6.29. The Morgan fingerprint density at radius 2 is 2.00 bits per heavy atom. The van der Waals surface area contributed by atoms with E-state index < -0.39 is 0 Å². The van der Waals surface area contributed by atoms with Crippen LogP contribution in [0.5, 0.6) is 5.75 Å². The van der Waals surface area contributed by atoms with E-state index in [2.05, 4.69) is 56.1 Å². The molecular weight excluding hydrogens is 280 g/mol. The second-order valence-electron chi connectivity index (χ2n) is 5.49. The molecule has 5 heteroatoms. The number of hydrogen-bond acceptors (Lipinski definition) is 4. The molecule has 2 aromatic rings. The average molecular weight is 297 g/mol. The third-order valence-electron chi connectivity index (χ3n) is 2.74. The lowest BCUT2D eigenvalue weighted by Gasteiger charge is -2.23. The van der Waals surface area contributed by atoms with E-state index in [1.165, 1.54) is 22.5 Å². The van der Waals surface area contributed by atoms with Crippen LogP contribution in [0.4, 0.5) is 0 Å². The van der Waals surface area contributed by atoms with Crippen LogP contribution < -0.4 is 4.74 Å².